The summed E-state index contributed by atoms with van der Waals surface area (Å²) in [7, 11) is 0. The molecule has 0 atom stereocenters. The van der Waals surface area contributed by atoms with E-state index in [4.69, 9.17) is 23.2 Å². The van der Waals surface area contributed by atoms with E-state index in [9.17, 15) is 4.79 Å². The lowest BCUT2D eigenvalue weighted by atomic mass is 10.2. The highest BCUT2D eigenvalue weighted by molar-refractivity contribution is 6.34. The van der Waals surface area contributed by atoms with Crippen LogP contribution in [0.3, 0.4) is 0 Å². The van der Waals surface area contributed by atoms with Crippen LogP contribution >= 0.6 is 23.2 Å². The van der Waals surface area contributed by atoms with E-state index < -0.39 is 0 Å². The number of carbonyl (C=O) groups excluding carboxylic acids is 1. The van der Waals surface area contributed by atoms with Gasteiger partial charge < -0.3 is 4.90 Å². The lowest BCUT2D eigenvalue weighted by Crippen LogP contribution is -2.31. The van der Waals surface area contributed by atoms with Gasteiger partial charge in [0.15, 0.2) is 10.3 Å². The van der Waals surface area contributed by atoms with E-state index >= 15 is 0 Å². The molecular formula is C14H13Cl2N3O. The van der Waals surface area contributed by atoms with Gasteiger partial charge in [-0.1, -0.05) is 40.9 Å². The molecule has 1 amide bonds. The van der Waals surface area contributed by atoms with Gasteiger partial charge in [0, 0.05) is 12.2 Å². The third-order valence-electron chi connectivity index (χ3n) is 2.86. The molecule has 6 heteroatoms. The summed E-state index contributed by atoms with van der Waals surface area (Å²) in [6.07, 6.45) is 0. The molecule has 0 aliphatic rings. The number of aromatic nitrogens is 2. The Hall–Kier alpha value is -1.65. The van der Waals surface area contributed by atoms with Gasteiger partial charge in [0.05, 0.1) is 5.56 Å². The first-order valence-corrected chi connectivity index (χ1v) is 6.85. The van der Waals surface area contributed by atoms with Crippen molar-refractivity contribution in [3.8, 4) is 0 Å². The van der Waals surface area contributed by atoms with E-state index in [2.05, 4.69) is 10.2 Å². The van der Waals surface area contributed by atoms with E-state index in [-0.39, 0.29) is 21.8 Å². The van der Waals surface area contributed by atoms with Gasteiger partial charge in [0.25, 0.3) is 5.91 Å². The number of benzene rings is 1. The van der Waals surface area contributed by atoms with Crippen molar-refractivity contribution in [3.05, 3.63) is 51.8 Å². The Morgan fingerprint density at radius 1 is 1.20 bits per heavy atom. The highest BCUT2D eigenvalue weighted by atomic mass is 35.5. The molecule has 0 saturated carbocycles. The highest BCUT2D eigenvalue weighted by Gasteiger charge is 2.20. The molecule has 0 radical (unpaired) electrons. The molecule has 1 heterocycles. The van der Waals surface area contributed by atoms with Crippen molar-refractivity contribution in [2.24, 2.45) is 0 Å². The maximum Gasteiger partial charge on any atom is 0.261 e. The number of rotatable bonds is 3. The molecule has 2 aromatic rings. The van der Waals surface area contributed by atoms with Crippen molar-refractivity contribution in [2.45, 2.75) is 13.8 Å². The first kappa shape index (κ1) is 14.8. The van der Waals surface area contributed by atoms with Gasteiger partial charge in [-0.3, -0.25) is 4.79 Å². The Labute approximate surface area is 127 Å². The fraction of sp³-hybridized carbons (Fsp3) is 0.214. The molecule has 0 unspecified atom stereocenters. The fourth-order valence-electron chi connectivity index (χ4n) is 1.82. The molecule has 1 aromatic carbocycles. The Morgan fingerprint density at radius 3 is 2.45 bits per heavy atom. The topological polar surface area (TPSA) is 46.1 Å². The van der Waals surface area contributed by atoms with Crippen molar-refractivity contribution in [3.63, 3.8) is 0 Å². The summed E-state index contributed by atoms with van der Waals surface area (Å²) in [5.41, 5.74) is 2.17. The molecule has 0 spiro atoms. The number of amides is 1. The SMILES string of the molecule is CCN(C(=O)c1cc(Cl)nnc1Cl)c1ccc(C)cc1. The minimum atomic E-state index is -0.252. The quantitative estimate of drug-likeness (QED) is 0.867. The van der Waals surface area contributed by atoms with Crippen LogP contribution in [0.15, 0.2) is 30.3 Å². The summed E-state index contributed by atoms with van der Waals surface area (Å²) in [6, 6.07) is 9.10. The van der Waals surface area contributed by atoms with Crippen LogP contribution in [0.25, 0.3) is 0 Å². The molecule has 20 heavy (non-hydrogen) atoms. The van der Waals surface area contributed by atoms with Gasteiger partial charge in [-0.2, -0.15) is 0 Å². The second kappa shape index (κ2) is 6.20. The molecule has 104 valence electrons. The normalized spacial score (nSPS) is 10.4. The summed E-state index contributed by atoms with van der Waals surface area (Å²) in [5, 5.41) is 7.45. The number of aryl methyl sites for hydroxylation is 1. The largest absolute Gasteiger partial charge is 0.309 e. The van der Waals surface area contributed by atoms with Gasteiger partial charge >= 0.3 is 0 Å². The van der Waals surface area contributed by atoms with Crippen molar-refractivity contribution < 1.29 is 4.79 Å². The summed E-state index contributed by atoms with van der Waals surface area (Å²) in [4.78, 5) is 14.2. The van der Waals surface area contributed by atoms with Crippen molar-refractivity contribution >= 4 is 34.8 Å². The first-order chi connectivity index (χ1) is 9.52. The van der Waals surface area contributed by atoms with Crippen LogP contribution in [0, 0.1) is 6.92 Å². The lowest BCUT2D eigenvalue weighted by Gasteiger charge is -2.21. The van der Waals surface area contributed by atoms with Crippen molar-refractivity contribution in [1.29, 1.82) is 0 Å². The predicted molar refractivity (Wildman–Crippen MR) is 80.6 cm³/mol. The zero-order chi connectivity index (χ0) is 14.7. The summed E-state index contributed by atoms with van der Waals surface area (Å²) < 4.78 is 0. The first-order valence-electron chi connectivity index (χ1n) is 6.10. The molecule has 0 aliphatic carbocycles. The Kier molecular flexibility index (Phi) is 4.57. The van der Waals surface area contributed by atoms with E-state index in [0.717, 1.165) is 11.3 Å². The van der Waals surface area contributed by atoms with Crippen LogP contribution in [0.2, 0.25) is 10.3 Å². The maximum absolute atomic E-state index is 12.5. The molecular weight excluding hydrogens is 297 g/mol. The zero-order valence-electron chi connectivity index (χ0n) is 11.1. The van der Waals surface area contributed by atoms with E-state index in [1.165, 1.54) is 6.07 Å². The average molecular weight is 310 g/mol. The summed E-state index contributed by atoms with van der Waals surface area (Å²) in [6.45, 7) is 4.39. The average Bonchev–Trinajstić information content (AvgIpc) is 2.44. The van der Waals surface area contributed by atoms with Gasteiger partial charge in [-0.15, -0.1) is 10.2 Å². The fourth-order valence-corrected chi connectivity index (χ4v) is 2.14. The second-order valence-electron chi connectivity index (χ2n) is 4.26. The number of hydrogen-bond acceptors (Lipinski definition) is 3. The van der Waals surface area contributed by atoms with Gasteiger partial charge in [-0.05, 0) is 32.0 Å². The van der Waals surface area contributed by atoms with Crippen LogP contribution in [0.1, 0.15) is 22.8 Å². The third-order valence-corrected chi connectivity index (χ3v) is 3.32. The minimum absolute atomic E-state index is 0.0463. The Bertz CT molecular complexity index is 629. The van der Waals surface area contributed by atoms with Crippen LogP contribution < -0.4 is 4.90 Å². The summed E-state index contributed by atoms with van der Waals surface area (Å²) >= 11 is 11.7. The van der Waals surface area contributed by atoms with Gasteiger partial charge in [0.2, 0.25) is 0 Å². The number of nitrogens with zero attached hydrogens (tertiary/aromatic N) is 3. The predicted octanol–water partition coefficient (Wildman–Crippen LogP) is 3.76. The zero-order valence-corrected chi connectivity index (χ0v) is 12.6. The van der Waals surface area contributed by atoms with Crippen LogP contribution in [0.4, 0.5) is 5.69 Å². The smallest absolute Gasteiger partial charge is 0.261 e. The number of anilines is 1. The van der Waals surface area contributed by atoms with Crippen LogP contribution in [-0.4, -0.2) is 22.6 Å². The van der Waals surface area contributed by atoms with Crippen LogP contribution in [-0.2, 0) is 0 Å². The minimum Gasteiger partial charge on any atom is -0.309 e. The Morgan fingerprint density at radius 2 is 1.85 bits per heavy atom. The monoisotopic (exact) mass is 309 g/mol. The van der Waals surface area contributed by atoms with Crippen molar-refractivity contribution in [2.75, 3.05) is 11.4 Å². The number of carbonyl (C=O) groups is 1. The summed E-state index contributed by atoms with van der Waals surface area (Å²) in [5.74, 6) is -0.252. The molecule has 0 saturated heterocycles. The van der Waals surface area contributed by atoms with E-state index in [0.29, 0.717) is 6.54 Å². The van der Waals surface area contributed by atoms with Crippen molar-refractivity contribution in [1.82, 2.24) is 10.2 Å². The Balaban J connectivity index is 2.38. The van der Waals surface area contributed by atoms with E-state index in [1.54, 1.807) is 4.90 Å². The lowest BCUT2D eigenvalue weighted by molar-refractivity contribution is 0.0988. The van der Waals surface area contributed by atoms with Gasteiger partial charge in [-0.25, -0.2) is 0 Å². The second-order valence-corrected chi connectivity index (χ2v) is 5.00. The highest BCUT2D eigenvalue weighted by Crippen LogP contribution is 2.22. The van der Waals surface area contributed by atoms with Crippen LogP contribution in [0.5, 0.6) is 0 Å². The molecule has 0 fully saturated rings. The standard InChI is InChI=1S/C14H13Cl2N3O/c1-3-19(10-6-4-9(2)5-7-10)14(20)11-8-12(15)17-18-13(11)16/h4-8H,3H2,1-2H3. The van der Waals surface area contributed by atoms with Gasteiger partial charge in [0.1, 0.15) is 0 Å². The molecule has 0 N–H and O–H groups in total. The maximum atomic E-state index is 12.5. The van der Waals surface area contributed by atoms with E-state index in [1.807, 2.05) is 38.1 Å². The third kappa shape index (κ3) is 3.08. The molecule has 2 rings (SSSR count). The molecule has 0 aliphatic heterocycles. The molecule has 4 nitrogen and oxygen atoms in total. The number of halogens is 2. The molecule has 1 aromatic heterocycles. The molecule has 0 bridgehead atoms. The number of hydrogen-bond donors (Lipinski definition) is 0.